The quantitative estimate of drug-likeness (QED) is 0.697. The van der Waals surface area contributed by atoms with Crippen molar-refractivity contribution in [2.45, 2.75) is 47.9 Å². The highest BCUT2D eigenvalue weighted by Gasteiger charge is 2.44. The topological polar surface area (TPSA) is 74.6 Å². The Bertz CT molecular complexity index is 967. The fourth-order valence-corrected chi connectivity index (χ4v) is 5.94. The van der Waals surface area contributed by atoms with Gasteiger partial charge in [0, 0.05) is 24.2 Å². The molecule has 5 heterocycles. The maximum absolute atomic E-state index is 14.0. The van der Waals surface area contributed by atoms with Crippen LogP contribution in [0.15, 0.2) is 34.6 Å². The number of nitrogens with zero attached hydrogens (tertiary/aromatic N) is 5. The van der Waals surface area contributed by atoms with Gasteiger partial charge in [-0.3, -0.25) is 0 Å². The van der Waals surface area contributed by atoms with Crippen molar-refractivity contribution in [2.75, 3.05) is 49.2 Å². The van der Waals surface area contributed by atoms with E-state index in [4.69, 9.17) is 21.4 Å². The van der Waals surface area contributed by atoms with E-state index in [1.807, 2.05) is 12.3 Å². The van der Waals surface area contributed by atoms with Gasteiger partial charge in [-0.15, -0.1) is 0 Å². The summed E-state index contributed by atoms with van der Waals surface area (Å²) in [5, 5.41) is 10.3. The molecule has 3 aliphatic rings. The van der Waals surface area contributed by atoms with Crippen molar-refractivity contribution in [3.8, 4) is 0 Å². The average Bonchev–Trinajstić information content (AvgIpc) is 3.14. The van der Waals surface area contributed by atoms with E-state index >= 15 is 0 Å². The fourth-order valence-electron chi connectivity index (χ4n) is 4.85. The number of hydrogen-bond donors (Lipinski definition) is 1. The van der Waals surface area contributed by atoms with Crippen molar-refractivity contribution in [1.82, 2.24) is 15.0 Å². The van der Waals surface area contributed by atoms with Crippen molar-refractivity contribution in [1.29, 1.82) is 0 Å². The highest BCUT2D eigenvalue weighted by molar-refractivity contribution is 7.99. The largest absolute Gasteiger partial charge is 0.393 e. The number of ether oxygens (including phenoxy) is 1. The predicted octanol–water partition coefficient (Wildman–Crippen LogP) is 3.59. The minimum absolute atomic E-state index is 0.0843. The summed E-state index contributed by atoms with van der Waals surface area (Å²) >= 11 is 7.95. The van der Waals surface area contributed by atoms with Crippen LogP contribution in [0.4, 0.5) is 16.0 Å². The van der Waals surface area contributed by atoms with Crippen molar-refractivity contribution >= 4 is 35.0 Å². The Kier molecular flexibility index (Phi) is 5.94. The van der Waals surface area contributed by atoms with Crippen LogP contribution in [0.3, 0.4) is 0 Å². The van der Waals surface area contributed by atoms with Crippen molar-refractivity contribution < 1.29 is 14.2 Å². The lowest BCUT2D eigenvalue weighted by atomic mass is 9.77. The minimum Gasteiger partial charge on any atom is -0.393 e. The highest BCUT2D eigenvalue weighted by Crippen LogP contribution is 2.43. The Hall–Kier alpha value is -1.68. The zero-order valence-corrected chi connectivity index (χ0v) is 19.6. The maximum atomic E-state index is 14.0. The summed E-state index contributed by atoms with van der Waals surface area (Å²) in [6.45, 7) is 4.65. The van der Waals surface area contributed by atoms with Gasteiger partial charge in [0.2, 0.25) is 0 Å². The highest BCUT2D eigenvalue weighted by atomic mass is 35.5. The molecule has 0 amide bonds. The van der Waals surface area contributed by atoms with Crippen molar-refractivity contribution in [3.63, 3.8) is 0 Å². The van der Waals surface area contributed by atoms with Crippen LogP contribution in [0.2, 0.25) is 5.02 Å². The standard InChI is InChI=1S/C22H27ClFN5O2S/c1-15-8-21(14-31-15)3-6-28(7-4-21)17-9-27-18(10-26-17)32-16-2-5-25-20(19(16)23)29-11-22(24,12-29)13-30/h2,5,9-10,15,30H,3-4,6-8,11-14H2,1H3/t15-/m0/s1. The van der Waals surface area contributed by atoms with Gasteiger partial charge in [0.05, 0.1) is 49.8 Å². The van der Waals surface area contributed by atoms with E-state index in [9.17, 15) is 4.39 Å². The molecule has 5 rings (SSSR count). The third kappa shape index (κ3) is 4.27. The number of anilines is 2. The zero-order chi connectivity index (χ0) is 22.3. The first kappa shape index (κ1) is 22.1. The van der Waals surface area contributed by atoms with Gasteiger partial charge in [-0.1, -0.05) is 23.4 Å². The van der Waals surface area contributed by atoms with Crippen molar-refractivity contribution in [2.24, 2.45) is 5.41 Å². The molecular weight excluding hydrogens is 453 g/mol. The number of piperidine rings is 1. The van der Waals surface area contributed by atoms with Gasteiger partial charge < -0.3 is 19.6 Å². The molecule has 0 saturated carbocycles. The van der Waals surface area contributed by atoms with Gasteiger partial charge in [-0.05, 0) is 37.7 Å². The number of rotatable bonds is 5. The summed E-state index contributed by atoms with van der Waals surface area (Å²) in [6.07, 6.45) is 9.01. The monoisotopic (exact) mass is 479 g/mol. The van der Waals surface area contributed by atoms with Gasteiger partial charge in [0.25, 0.3) is 0 Å². The molecule has 1 spiro atoms. The summed E-state index contributed by atoms with van der Waals surface area (Å²) < 4.78 is 19.9. The van der Waals surface area contributed by atoms with E-state index < -0.39 is 12.3 Å². The van der Waals surface area contributed by atoms with Crippen LogP contribution in [0.1, 0.15) is 26.2 Å². The van der Waals surface area contributed by atoms with Crippen LogP contribution in [0.25, 0.3) is 0 Å². The zero-order valence-electron chi connectivity index (χ0n) is 18.0. The molecule has 1 N–H and O–H groups in total. The lowest BCUT2D eigenvalue weighted by molar-refractivity contribution is 0.0440. The molecule has 3 fully saturated rings. The summed E-state index contributed by atoms with van der Waals surface area (Å²) in [5.41, 5.74) is -1.24. The van der Waals surface area contributed by atoms with Gasteiger partial charge in [0.1, 0.15) is 16.7 Å². The molecule has 0 aromatic carbocycles. The van der Waals surface area contributed by atoms with Crippen molar-refractivity contribution in [3.05, 3.63) is 29.7 Å². The SMILES string of the molecule is C[C@H]1CC2(CCN(c3cnc(Sc4ccnc(N5CC(F)(CO)C5)c4Cl)cn3)CC2)CO1. The lowest BCUT2D eigenvalue weighted by Crippen LogP contribution is -2.61. The molecule has 172 valence electrons. The molecule has 2 aromatic heterocycles. The second-order valence-electron chi connectivity index (χ2n) is 9.24. The second-order valence-corrected chi connectivity index (χ2v) is 10.7. The summed E-state index contributed by atoms with van der Waals surface area (Å²) in [4.78, 5) is 18.3. The Balaban J connectivity index is 1.22. The Labute approximate surface area is 196 Å². The van der Waals surface area contributed by atoms with Crippen LogP contribution in [0.5, 0.6) is 0 Å². The number of aromatic nitrogens is 3. The smallest absolute Gasteiger partial charge is 0.168 e. The van der Waals surface area contributed by atoms with E-state index in [0.717, 1.165) is 54.7 Å². The number of aliphatic hydroxyl groups excluding tert-OH is 1. The van der Waals surface area contributed by atoms with Crippen LogP contribution in [-0.4, -0.2) is 71.2 Å². The van der Waals surface area contributed by atoms with Crippen LogP contribution >= 0.6 is 23.4 Å². The molecule has 3 aliphatic heterocycles. The summed E-state index contributed by atoms with van der Waals surface area (Å²) in [6, 6.07) is 1.81. The van der Waals surface area contributed by atoms with Crippen LogP contribution < -0.4 is 9.80 Å². The van der Waals surface area contributed by atoms with Crippen LogP contribution in [-0.2, 0) is 4.74 Å². The minimum atomic E-state index is -1.58. The number of hydrogen-bond acceptors (Lipinski definition) is 8. The average molecular weight is 480 g/mol. The van der Waals surface area contributed by atoms with E-state index in [-0.39, 0.29) is 13.1 Å². The molecule has 10 heteroatoms. The Morgan fingerprint density at radius 1 is 1.22 bits per heavy atom. The molecule has 0 aliphatic carbocycles. The third-order valence-corrected chi connectivity index (χ3v) is 8.20. The van der Waals surface area contributed by atoms with E-state index in [0.29, 0.717) is 22.4 Å². The number of halogens is 2. The summed E-state index contributed by atoms with van der Waals surface area (Å²) in [7, 11) is 0. The van der Waals surface area contributed by atoms with Crippen LogP contribution in [0, 0.1) is 5.41 Å². The van der Waals surface area contributed by atoms with Gasteiger partial charge in [0.15, 0.2) is 5.67 Å². The maximum Gasteiger partial charge on any atom is 0.168 e. The van der Waals surface area contributed by atoms with E-state index in [1.165, 1.54) is 11.8 Å². The molecule has 0 unspecified atom stereocenters. The number of aliphatic hydroxyl groups is 1. The molecule has 3 saturated heterocycles. The van der Waals surface area contributed by atoms with Gasteiger partial charge in [-0.25, -0.2) is 19.3 Å². The Morgan fingerprint density at radius 3 is 2.62 bits per heavy atom. The second kappa shape index (κ2) is 8.59. The summed E-state index contributed by atoms with van der Waals surface area (Å²) in [5.74, 6) is 1.41. The lowest BCUT2D eigenvalue weighted by Gasteiger charge is -2.44. The predicted molar refractivity (Wildman–Crippen MR) is 122 cm³/mol. The first-order chi connectivity index (χ1) is 15.4. The molecular formula is C22H27ClFN5O2S. The first-order valence-electron chi connectivity index (χ1n) is 10.9. The fraction of sp³-hybridized carbons (Fsp3) is 0.591. The molecule has 2 aromatic rings. The van der Waals surface area contributed by atoms with E-state index in [1.54, 1.807) is 17.3 Å². The third-order valence-electron chi connectivity index (χ3n) is 6.74. The normalized spacial score (nSPS) is 24.1. The number of pyridine rings is 1. The molecule has 7 nitrogen and oxygen atoms in total. The molecule has 1 atom stereocenters. The van der Waals surface area contributed by atoms with Gasteiger partial charge >= 0.3 is 0 Å². The Morgan fingerprint density at radius 2 is 2.00 bits per heavy atom. The molecule has 0 bridgehead atoms. The molecule has 0 radical (unpaired) electrons. The van der Waals surface area contributed by atoms with Gasteiger partial charge in [-0.2, -0.15) is 0 Å². The number of alkyl halides is 1. The van der Waals surface area contributed by atoms with E-state index in [2.05, 4.69) is 26.8 Å². The first-order valence-corrected chi connectivity index (χ1v) is 12.1. The molecule has 32 heavy (non-hydrogen) atoms.